The lowest BCUT2D eigenvalue weighted by Crippen LogP contribution is -2.54. The Morgan fingerprint density at radius 2 is 1.53 bits per heavy atom. The second-order valence-corrected chi connectivity index (χ2v) is 15.3. The summed E-state index contributed by atoms with van der Waals surface area (Å²) in [4.78, 5) is 40.7. The van der Waals surface area contributed by atoms with Gasteiger partial charge in [0.2, 0.25) is 0 Å². The van der Waals surface area contributed by atoms with E-state index in [1.54, 1.807) is 6.07 Å². The Balaban J connectivity index is 1.14. The second-order valence-electron chi connectivity index (χ2n) is 12.9. The van der Waals surface area contributed by atoms with Crippen molar-refractivity contribution in [3.63, 3.8) is 0 Å². The van der Waals surface area contributed by atoms with Crippen molar-refractivity contribution < 1.29 is 23.9 Å². The van der Waals surface area contributed by atoms with E-state index in [2.05, 4.69) is 62.6 Å². The topological polar surface area (TPSA) is 84.9 Å². The fourth-order valence-electron chi connectivity index (χ4n) is 8.30. The summed E-state index contributed by atoms with van der Waals surface area (Å²) in [6.45, 7) is 2.67. The molecule has 1 N–H and O–H groups in total. The standard InChI is InChI=1S/C36H34I2N2O5/c1-2-44-31-16-22(15-30(38)32(31)45-20-21-3-7-27(37)8-4-21)14-29-33(41)39-35(43)40(34(29)42)28-9-5-26(6-10-28)36-17-23-11-24(18-36)13-25(12-23)19-36/h3-10,14-16,23-25H,2,11-13,17-20H2,1H3,(H,39,41,43)/b29-14+. The minimum Gasteiger partial charge on any atom is -0.490 e. The van der Waals surface area contributed by atoms with E-state index < -0.39 is 17.8 Å². The van der Waals surface area contributed by atoms with Gasteiger partial charge in [0.25, 0.3) is 11.8 Å². The molecule has 3 aromatic rings. The van der Waals surface area contributed by atoms with Gasteiger partial charge < -0.3 is 9.47 Å². The van der Waals surface area contributed by atoms with Crippen molar-refractivity contribution in [3.8, 4) is 11.5 Å². The van der Waals surface area contributed by atoms with Gasteiger partial charge in [0, 0.05) is 3.57 Å². The fourth-order valence-corrected chi connectivity index (χ4v) is 9.44. The number of anilines is 1. The third-order valence-corrected chi connectivity index (χ3v) is 11.3. The molecule has 0 spiro atoms. The van der Waals surface area contributed by atoms with E-state index in [1.165, 1.54) is 50.2 Å². The van der Waals surface area contributed by atoms with Gasteiger partial charge in [-0.2, -0.15) is 0 Å². The Labute approximate surface area is 290 Å². The van der Waals surface area contributed by atoms with Gasteiger partial charge in [0.15, 0.2) is 11.5 Å². The molecule has 1 saturated heterocycles. The van der Waals surface area contributed by atoms with Crippen molar-refractivity contribution in [1.29, 1.82) is 0 Å². The Kier molecular flexibility index (Phi) is 8.43. The van der Waals surface area contributed by atoms with Gasteiger partial charge in [0.05, 0.1) is 15.9 Å². The maximum absolute atomic E-state index is 13.7. The number of urea groups is 1. The summed E-state index contributed by atoms with van der Waals surface area (Å²) >= 11 is 4.44. The average molecular weight is 828 g/mol. The first-order valence-corrected chi connectivity index (χ1v) is 17.7. The van der Waals surface area contributed by atoms with Crippen molar-refractivity contribution in [3.05, 3.63) is 90.1 Å². The SMILES string of the molecule is CCOc1cc(/C=C2\C(=O)NC(=O)N(c3ccc(C45CC6CC(CC(C6)C4)C5)cc3)C2=O)cc(I)c1OCc1ccc(I)cc1. The minimum absolute atomic E-state index is 0.120. The Morgan fingerprint density at radius 1 is 0.889 bits per heavy atom. The molecular formula is C36H34I2N2O5. The Morgan fingerprint density at radius 3 is 2.16 bits per heavy atom. The number of carbonyl (C=O) groups excluding carboxylic acids is 3. The summed E-state index contributed by atoms with van der Waals surface area (Å²) in [5.74, 6) is 2.20. The number of imide groups is 2. The molecule has 3 aromatic carbocycles. The van der Waals surface area contributed by atoms with Gasteiger partial charge in [0.1, 0.15) is 12.2 Å². The van der Waals surface area contributed by atoms with E-state index in [1.807, 2.05) is 49.4 Å². The highest BCUT2D eigenvalue weighted by molar-refractivity contribution is 14.1. The monoisotopic (exact) mass is 828 g/mol. The molecule has 1 heterocycles. The Hall–Kier alpha value is -2.93. The lowest BCUT2D eigenvalue weighted by Gasteiger charge is -2.57. The van der Waals surface area contributed by atoms with Crippen LogP contribution in [0.3, 0.4) is 0 Å². The maximum atomic E-state index is 13.7. The molecule has 5 aliphatic rings. The van der Waals surface area contributed by atoms with E-state index in [0.29, 0.717) is 36.0 Å². The van der Waals surface area contributed by atoms with Crippen LogP contribution in [0.5, 0.6) is 11.5 Å². The molecular weight excluding hydrogens is 794 g/mol. The van der Waals surface area contributed by atoms with Crippen LogP contribution in [0.1, 0.15) is 62.1 Å². The first-order chi connectivity index (χ1) is 21.7. The second kappa shape index (κ2) is 12.4. The van der Waals surface area contributed by atoms with Crippen LogP contribution in [-0.4, -0.2) is 24.5 Å². The number of hydrogen-bond donors (Lipinski definition) is 1. The number of hydrogen-bond acceptors (Lipinski definition) is 5. The zero-order chi connectivity index (χ0) is 31.3. The van der Waals surface area contributed by atoms with Gasteiger partial charge in [-0.1, -0.05) is 24.3 Å². The van der Waals surface area contributed by atoms with Crippen LogP contribution in [0.2, 0.25) is 0 Å². The van der Waals surface area contributed by atoms with Gasteiger partial charge in [-0.3, -0.25) is 14.9 Å². The predicted molar refractivity (Wildman–Crippen MR) is 189 cm³/mol. The quantitative estimate of drug-likeness (QED) is 0.141. The average Bonchev–Trinajstić information content (AvgIpc) is 2.99. The number of amides is 4. The molecule has 9 heteroatoms. The lowest BCUT2D eigenvalue weighted by atomic mass is 9.48. The highest BCUT2D eigenvalue weighted by atomic mass is 127. The van der Waals surface area contributed by atoms with Crippen molar-refractivity contribution in [1.82, 2.24) is 5.32 Å². The Bertz CT molecular complexity index is 1660. The number of barbiturate groups is 1. The molecule has 1 aliphatic heterocycles. The molecule has 232 valence electrons. The normalized spacial score (nSPS) is 26.4. The van der Waals surface area contributed by atoms with Gasteiger partial charge in [-0.25, -0.2) is 9.69 Å². The van der Waals surface area contributed by atoms with Crippen LogP contribution < -0.4 is 19.7 Å². The van der Waals surface area contributed by atoms with Gasteiger partial charge in [-0.05, 0) is 173 Å². The summed E-state index contributed by atoms with van der Waals surface area (Å²) in [7, 11) is 0. The van der Waals surface area contributed by atoms with E-state index in [0.717, 1.165) is 35.4 Å². The van der Waals surface area contributed by atoms with E-state index in [9.17, 15) is 14.4 Å². The first-order valence-electron chi connectivity index (χ1n) is 15.6. The summed E-state index contributed by atoms with van der Waals surface area (Å²) in [6.07, 6.45) is 9.34. The van der Waals surface area contributed by atoms with Crippen LogP contribution >= 0.6 is 45.2 Å². The summed E-state index contributed by atoms with van der Waals surface area (Å²) in [6, 6.07) is 18.8. The van der Waals surface area contributed by atoms with Crippen LogP contribution in [0.15, 0.2) is 66.2 Å². The van der Waals surface area contributed by atoms with E-state index in [4.69, 9.17) is 9.47 Å². The third kappa shape index (κ3) is 6.02. The molecule has 4 bridgehead atoms. The highest BCUT2D eigenvalue weighted by Crippen LogP contribution is 2.60. The van der Waals surface area contributed by atoms with E-state index in [-0.39, 0.29) is 11.0 Å². The number of rotatable bonds is 8. The molecule has 8 rings (SSSR count). The number of nitrogens with zero attached hydrogens (tertiary/aromatic N) is 1. The smallest absolute Gasteiger partial charge is 0.335 e. The summed E-state index contributed by atoms with van der Waals surface area (Å²) in [5, 5.41) is 2.36. The molecule has 0 radical (unpaired) electrons. The molecule has 4 amide bonds. The van der Waals surface area contributed by atoms with E-state index >= 15 is 0 Å². The zero-order valence-electron chi connectivity index (χ0n) is 25.0. The highest BCUT2D eigenvalue weighted by Gasteiger charge is 2.51. The van der Waals surface area contributed by atoms with Crippen LogP contribution in [0.25, 0.3) is 6.08 Å². The molecule has 0 aromatic heterocycles. The zero-order valence-corrected chi connectivity index (χ0v) is 29.3. The van der Waals surface area contributed by atoms with Crippen molar-refractivity contribution in [2.75, 3.05) is 11.5 Å². The van der Waals surface area contributed by atoms with Gasteiger partial charge >= 0.3 is 6.03 Å². The largest absolute Gasteiger partial charge is 0.490 e. The molecule has 7 nitrogen and oxygen atoms in total. The summed E-state index contributed by atoms with van der Waals surface area (Å²) < 4.78 is 14.0. The van der Waals surface area contributed by atoms with Crippen molar-refractivity contribution in [2.45, 2.75) is 57.5 Å². The number of ether oxygens (including phenoxy) is 2. The van der Waals surface area contributed by atoms with Crippen LogP contribution in [0.4, 0.5) is 10.5 Å². The molecule has 4 saturated carbocycles. The molecule has 45 heavy (non-hydrogen) atoms. The number of carbonyl (C=O) groups is 3. The van der Waals surface area contributed by atoms with Crippen LogP contribution in [-0.2, 0) is 21.6 Å². The molecule has 4 aliphatic carbocycles. The number of benzene rings is 3. The fraction of sp³-hybridized carbons (Fsp3) is 0.361. The maximum Gasteiger partial charge on any atom is 0.335 e. The lowest BCUT2D eigenvalue weighted by molar-refractivity contribution is -0.122. The third-order valence-electron chi connectivity index (χ3n) is 9.82. The first kappa shape index (κ1) is 30.7. The number of nitrogens with one attached hydrogen (secondary N) is 1. The van der Waals surface area contributed by atoms with Gasteiger partial charge in [-0.15, -0.1) is 0 Å². The van der Waals surface area contributed by atoms with Crippen LogP contribution in [0, 0.1) is 24.9 Å². The molecule has 5 fully saturated rings. The predicted octanol–water partition coefficient (Wildman–Crippen LogP) is 8.01. The number of halogens is 2. The molecule has 0 unspecified atom stereocenters. The minimum atomic E-state index is -0.742. The summed E-state index contributed by atoms with van der Waals surface area (Å²) in [5.41, 5.74) is 3.48. The molecule has 0 atom stereocenters. The van der Waals surface area contributed by atoms with Crippen molar-refractivity contribution in [2.24, 2.45) is 17.8 Å². The van der Waals surface area contributed by atoms with Crippen molar-refractivity contribution >= 4 is 74.8 Å².